The summed E-state index contributed by atoms with van der Waals surface area (Å²) < 4.78 is 12.9. The van der Waals surface area contributed by atoms with Crippen LogP contribution in [0.1, 0.15) is 30.8 Å². The summed E-state index contributed by atoms with van der Waals surface area (Å²) in [4.78, 5) is 17.0. The van der Waals surface area contributed by atoms with Gasteiger partial charge in [-0.25, -0.2) is 4.98 Å². The number of amides is 1. The van der Waals surface area contributed by atoms with E-state index < -0.39 is 0 Å². The highest BCUT2D eigenvalue weighted by molar-refractivity contribution is 7.13. The number of rotatable bonds is 10. The van der Waals surface area contributed by atoms with Crippen molar-refractivity contribution in [2.75, 3.05) is 26.9 Å². The third kappa shape index (κ3) is 4.98. The number of aromatic nitrogens is 2. The first-order valence-electron chi connectivity index (χ1n) is 9.53. The minimum Gasteiger partial charge on any atom is -0.383 e. The molecule has 1 amide bonds. The zero-order chi connectivity index (χ0) is 19.9. The highest BCUT2D eigenvalue weighted by atomic mass is 32.1. The van der Waals surface area contributed by atoms with Crippen molar-refractivity contribution in [3.8, 4) is 10.7 Å². The van der Waals surface area contributed by atoms with Crippen molar-refractivity contribution in [2.45, 2.75) is 32.9 Å². The summed E-state index contributed by atoms with van der Waals surface area (Å²) in [7, 11) is 1.70. The molecule has 150 valence electrons. The number of ether oxygens (including phenoxy) is 2. The van der Waals surface area contributed by atoms with E-state index in [-0.39, 0.29) is 12.0 Å². The van der Waals surface area contributed by atoms with E-state index in [9.17, 15) is 4.79 Å². The molecule has 0 fully saturated rings. The zero-order valence-electron chi connectivity index (χ0n) is 16.6. The van der Waals surface area contributed by atoms with E-state index in [0.29, 0.717) is 25.5 Å². The lowest BCUT2D eigenvalue weighted by molar-refractivity contribution is 0.0756. The predicted octanol–water partition coefficient (Wildman–Crippen LogP) is 3.96. The molecule has 2 aromatic heterocycles. The number of fused-ring (bicyclic) bond motifs is 1. The number of methoxy groups -OCH3 is 1. The monoisotopic (exact) mass is 401 g/mol. The first-order valence-corrected chi connectivity index (χ1v) is 10.4. The van der Waals surface area contributed by atoms with E-state index >= 15 is 0 Å². The quantitative estimate of drug-likeness (QED) is 0.522. The fourth-order valence-corrected chi connectivity index (χ4v) is 3.81. The van der Waals surface area contributed by atoms with Crippen molar-refractivity contribution in [1.29, 1.82) is 0 Å². The molecule has 3 rings (SSSR count). The lowest BCUT2D eigenvalue weighted by atomic mass is 10.2. The first-order chi connectivity index (χ1) is 13.6. The van der Waals surface area contributed by atoms with Crippen LogP contribution in [0.5, 0.6) is 0 Å². The van der Waals surface area contributed by atoms with Gasteiger partial charge >= 0.3 is 0 Å². The van der Waals surface area contributed by atoms with Gasteiger partial charge in [0.25, 0.3) is 5.91 Å². The Bertz CT molecular complexity index is 917. The van der Waals surface area contributed by atoms with Crippen molar-refractivity contribution in [3.05, 3.63) is 41.4 Å². The Morgan fingerprint density at radius 2 is 2.11 bits per heavy atom. The van der Waals surface area contributed by atoms with Crippen LogP contribution in [0.2, 0.25) is 0 Å². The van der Waals surface area contributed by atoms with Crippen LogP contribution in [0.15, 0.2) is 35.7 Å². The van der Waals surface area contributed by atoms with Crippen LogP contribution in [0.3, 0.4) is 0 Å². The number of thiazole rings is 1. The number of carbonyl (C=O) groups is 1. The molecule has 7 heteroatoms. The summed E-state index contributed by atoms with van der Waals surface area (Å²) in [6.45, 7) is 6.56. The molecule has 0 unspecified atom stereocenters. The summed E-state index contributed by atoms with van der Waals surface area (Å²) in [5.74, 6) is -0.147. The molecule has 1 N–H and O–H groups in total. The van der Waals surface area contributed by atoms with E-state index in [1.807, 2.05) is 31.4 Å². The van der Waals surface area contributed by atoms with Gasteiger partial charge in [-0.1, -0.05) is 18.2 Å². The minimum absolute atomic E-state index is 0.147. The molecule has 0 aliphatic rings. The molecule has 0 bridgehead atoms. The molecule has 3 aromatic rings. The number of carbonyl (C=O) groups excluding carboxylic acids is 1. The van der Waals surface area contributed by atoms with Crippen LogP contribution in [-0.4, -0.2) is 48.4 Å². The van der Waals surface area contributed by atoms with E-state index in [1.54, 1.807) is 7.11 Å². The SMILES string of the molecule is COCCn1c(-c2nc(C(=O)NCCCOC(C)C)cs2)cc2ccccc21. The van der Waals surface area contributed by atoms with Crippen LogP contribution in [0, 0.1) is 0 Å². The molecule has 0 atom stereocenters. The normalized spacial score (nSPS) is 11.4. The van der Waals surface area contributed by atoms with Gasteiger partial charge in [0, 0.05) is 43.1 Å². The third-order valence-corrected chi connectivity index (χ3v) is 5.21. The molecule has 0 spiro atoms. The molecule has 28 heavy (non-hydrogen) atoms. The van der Waals surface area contributed by atoms with Crippen LogP contribution < -0.4 is 5.32 Å². The maximum atomic E-state index is 12.4. The average Bonchev–Trinajstić information content (AvgIpc) is 3.30. The molecule has 0 radical (unpaired) electrons. The van der Waals surface area contributed by atoms with Gasteiger partial charge in [0.1, 0.15) is 10.7 Å². The Balaban J connectivity index is 1.72. The smallest absolute Gasteiger partial charge is 0.270 e. The topological polar surface area (TPSA) is 65.4 Å². The molecule has 0 aliphatic heterocycles. The van der Waals surface area contributed by atoms with Crippen molar-refractivity contribution in [1.82, 2.24) is 14.9 Å². The van der Waals surface area contributed by atoms with Crippen LogP contribution in [0.25, 0.3) is 21.6 Å². The minimum atomic E-state index is -0.147. The standard InChI is InChI=1S/C21H27N3O3S/c1-15(2)27-11-6-9-22-20(25)17-14-28-21(23-17)19-13-16-7-4-5-8-18(16)24(19)10-12-26-3/h4-5,7-8,13-15H,6,9-12H2,1-3H3,(H,22,25). The average molecular weight is 402 g/mol. The number of benzene rings is 1. The fraction of sp³-hybridized carbons (Fsp3) is 0.429. The van der Waals surface area contributed by atoms with E-state index in [1.165, 1.54) is 11.3 Å². The highest BCUT2D eigenvalue weighted by Gasteiger charge is 2.16. The van der Waals surface area contributed by atoms with E-state index in [2.05, 4.69) is 33.1 Å². The maximum Gasteiger partial charge on any atom is 0.270 e. The van der Waals surface area contributed by atoms with Gasteiger partial charge < -0.3 is 19.4 Å². The zero-order valence-corrected chi connectivity index (χ0v) is 17.4. The second-order valence-corrected chi connectivity index (χ2v) is 7.66. The van der Waals surface area contributed by atoms with Crippen molar-refractivity contribution in [2.24, 2.45) is 0 Å². The Kier molecular flexibility index (Phi) is 7.19. The molecule has 6 nitrogen and oxygen atoms in total. The van der Waals surface area contributed by atoms with Gasteiger partial charge in [-0.05, 0) is 32.4 Å². The number of nitrogens with zero attached hydrogens (tertiary/aromatic N) is 2. The van der Waals surface area contributed by atoms with Crippen molar-refractivity contribution in [3.63, 3.8) is 0 Å². The van der Waals surface area contributed by atoms with Gasteiger partial charge in [0.2, 0.25) is 0 Å². The second-order valence-electron chi connectivity index (χ2n) is 6.80. The summed E-state index contributed by atoms with van der Waals surface area (Å²) in [5, 5.41) is 6.71. The first kappa shape index (κ1) is 20.5. The van der Waals surface area contributed by atoms with Crippen molar-refractivity contribution < 1.29 is 14.3 Å². The van der Waals surface area contributed by atoms with Gasteiger partial charge in [-0.3, -0.25) is 4.79 Å². The van der Waals surface area contributed by atoms with Crippen LogP contribution in [-0.2, 0) is 16.0 Å². The predicted molar refractivity (Wildman–Crippen MR) is 113 cm³/mol. The molecule has 0 saturated heterocycles. The summed E-state index contributed by atoms with van der Waals surface area (Å²) in [6.07, 6.45) is 0.994. The fourth-order valence-electron chi connectivity index (χ4n) is 2.99. The number of hydrogen-bond acceptors (Lipinski definition) is 5. The third-order valence-electron chi connectivity index (χ3n) is 4.34. The molecular formula is C21H27N3O3S. The Morgan fingerprint density at radius 1 is 1.29 bits per heavy atom. The number of hydrogen-bond donors (Lipinski definition) is 1. The van der Waals surface area contributed by atoms with Gasteiger partial charge in [-0.15, -0.1) is 11.3 Å². The van der Waals surface area contributed by atoms with Gasteiger partial charge in [-0.2, -0.15) is 0 Å². The lowest BCUT2D eigenvalue weighted by Gasteiger charge is -2.08. The highest BCUT2D eigenvalue weighted by Crippen LogP contribution is 2.30. The Morgan fingerprint density at radius 3 is 2.89 bits per heavy atom. The largest absolute Gasteiger partial charge is 0.383 e. The van der Waals surface area contributed by atoms with E-state index in [4.69, 9.17) is 9.47 Å². The Labute approximate surface area is 169 Å². The summed E-state index contributed by atoms with van der Waals surface area (Å²) in [6, 6.07) is 10.3. The van der Waals surface area contributed by atoms with E-state index in [0.717, 1.165) is 34.6 Å². The molecule has 1 aromatic carbocycles. The second kappa shape index (κ2) is 9.82. The van der Waals surface area contributed by atoms with Crippen LogP contribution >= 0.6 is 11.3 Å². The van der Waals surface area contributed by atoms with Crippen molar-refractivity contribution >= 4 is 28.1 Å². The maximum absolute atomic E-state index is 12.4. The lowest BCUT2D eigenvalue weighted by Crippen LogP contribution is -2.25. The van der Waals surface area contributed by atoms with Gasteiger partial charge in [0.05, 0.1) is 18.4 Å². The van der Waals surface area contributed by atoms with Gasteiger partial charge in [0.15, 0.2) is 0 Å². The molecule has 0 aliphatic carbocycles. The molecular weight excluding hydrogens is 374 g/mol. The molecule has 0 saturated carbocycles. The Hall–Kier alpha value is -2.22. The molecule has 2 heterocycles. The number of nitrogens with one attached hydrogen (secondary N) is 1. The van der Waals surface area contributed by atoms with Crippen LogP contribution in [0.4, 0.5) is 0 Å². The summed E-state index contributed by atoms with van der Waals surface area (Å²) in [5.41, 5.74) is 2.60. The number of para-hydroxylation sites is 1. The summed E-state index contributed by atoms with van der Waals surface area (Å²) >= 11 is 1.48.